The predicted molar refractivity (Wildman–Crippen MR) is 78.7 cm³/mol. The molecule has 20 heavy (non-hydrogen) atoms. The van der Waals surface area contributed by atoms with Crippen molar-refractivity contribution in [3.63, 3.8) is 0 Å². The number of carbonyl (C=O) groups excluding carboxylic acids is 2. The topological polar surface area (TPSA) is 92.4 Å². The minimum atomic E-state index is -0.576. The van der Waals surface area contributed by atoms with Crippen molar-refractivity contribution in [2.75, 3.05) is 5.32 Å². The van der Waals surface area contributed by atoms with Crippen LogP contribution in [0.2, 0.25) is 0 Å². The number of amides is 2. The third-order valence-electron chi connectivity index (χ3n) is 2.61. The second-order valence-corrected chi connectivity index (χ2v) is 4.98. The van der Waals surface area contributed by atoms with Gasteiger partial charge in [-0.3, -0.25) is 9.59 Å². The van der Waals surface area contributed by atoms with Gasteiger partial charge in [0.2, 0.25) is 5.91 Å². The summed E-state index contributed by atoms with van der Waals surface area (Å²) in [5.74, 6) is -1.19. The number of primary amides is 1. The van der Waals surface area contributed by atoms with E-state index >= 15 is 0 Å². The third-order valence-corrected chi connectivity index (χ3v) is 3.10. The second-order valence-electron chi connectivity index (χ2n) is 4.06. The predicted octanol–water partition coefficient (Wildman–Crippen LogP) is 2.51. The van der Waals surface area contributed by atoms with E-state index in [1.165, 1.54) is 18.2 Å². The number of phenols is 1. The van der Waals surface area contributed by atoms with Gasteiger partial charge in [-0.15, -0.1) is 0 Å². The number of benzene rings is 2. The molecule has 0 bridgehead atoms. The van der Waals surface area contributed by atoms with Crippen molar-refractivity contribution in [3.8, 4) is 5.75 Å². The fourth-order valence-corrected chi connectivity index (χ4v) is 1.99. The van der Waals surface area contributed by atoms with Crippen molar-refractivity contribution in [2.24, 2.45) is 5.73 Å². The Labute approximate surface area is 123 Å². The molecule has 2 aromatic rings. The Hall–Kier alpha value is -2.34. The number of anilines is 1. The summed E-state index contributed by atoms with van der Waals surface area (Å²) in [6.45, 7) is 0. The Morgan fingerprint density at radius 3 is 2.55 bits per heavy atom. The zero-order chi connectivity index (χ0) is 14.7. The molecule has 5 nitrogen and oxygen atoms in total. The van der Waals surface area contributed by atoms with Crippen molar-refractivity contribution >= 4 is 33.4 Å². The van der Waals surface area contributed by atoms with E-state index in [9.17, 15) is 14.7 Å². The zero-order valence-electron chi connectivity index (χ0n) is 10.3. The van der Waals surface area contributed by atoms with Crippen LogP contribution in [0.1, 0.15) is 20.7 Å². The van der Waals surface area contributed by atoms with Gasteiger partial charge in [0.05, 0.1) is 5.56 Å². The number of hydrogen-bond acceptors (Lipinski definition) is 3. The molecular weight excluding hydrogens is 324 g/mol. The highest BCUT2D eigenvalue weighted by molar-refractivity contribution is 9.10. The molecule has 0 heterocycles. The van der Waals surface area contributed by atoms with Crippen molar-refractivity contribution < 1.29 is 14.7 Å². The van der Waals surface area contributed by atoms with E-state index in [2.05, 4.69) is 21.2 Å². The summed E-state index contributed by atoms with van der Waals surface area (Å²) in [5.41, 5.74) is 6.02. The quantitative estimate of drug-likeness (QED) is 0.805. The van der Waals surface area contributed by atoms with Crippen LogP contribution in [0.4, 0.5) is 5.69 Å². The van der Waals surface area contributed by atoms with Gasteiger partial charge in [-0.05, 0) is 36.4 Å². The largest absolute Gasteiger partial charge is 0.507 e. The molecule has 0 aliphatic rings. The van der Waals surface area contributed by atoms with Gasteiger partial charge in [0.25, 0.3) is 5.91 Å². The minimum Gasteiger partial charge on any atom is -0.507 e. The van der Waals surface area contributed by atoms with E-state index in [0.717, 1.165) is 0 Å². The van der Waals surface area contributed by atoms with E-state index < -0.39 is 11.8 Å². The smallest absolute Gasteiger partial charge is 0.259 e. The summed E-state index contributed by atoms with van der Waals surface area (Å²) in [6, 6.07) is 10.8. The van der Waals surface area contributed by atoms with Crippen molar-refractivity contribution in [1.29, 1.82) is 0 Å². The molecule has 0 aliphatic carbocycles. The van der Waals surface area contributed by atoms with E-state index in [4.69, 9.17) is 5.73 Å². The van der Waals surface area contributed by atoms with E-state index in [1.807, 2.05) is 0 Å². The van der Waals surface area contributed by atoms with E-state index in [-0.39, 0.29) is 11.3 Å². The third kappa shape index (κ3) is 3.16. The second kappa shape index (κ2) is 5.75. The summed E-state index contributed by atoms with van der Waals surface area (Å²) >= 11 is 3.19. The number of halogens is 1. The molecule has 0 radical (unpaired) electrons. The Morgan fingerprint density at radius 2 is 1.90 bits per heavy atom. The summed E-state index contributed by atoms with van der Waals surface area (Å²) in [4.78, 5) is 23.1. The molecule has 0 atom stereocenters. The van der Waals surface area contributed by atoms with Gasteiger partial charge in [-0.1, -0.05) is 22.0 Å². The first-order valence-electron chi connectivity index (χ1n) is 5.67. The fraction of sp³-hybridized carbons (Fsp3) is 0. The average Bonchev–Trinajstić information content (AvgIpc) is 2.38. The summed E-state index contributed by atoms with van der Waals surface area (Å²) in [6.07, 6.45) is 0. The molecule has 0 aromatic heterocycles. The van der Waals surface area contributed by atoms with Gasteiger partial charge in [0, 0.05) is 15.7 Å². The summed E-state index contributed by atoms with van der Waals surface area (Å²) < 4.78 is 0.669. The Kier molecular flexibility index (Phi) is 4.05. The number of nitrogens with one attached hydrogen (secondary N) is 1. The molecule has 0 fully saturated rings. The average molecular weight is 335 g/mol. The highest BCUT2D eigenvalue weighted by Crippen LogP contribution is 2.23. The molecule has 6 heteroatoms. The van der Waals surface area contributed by atoms with Crippen LogP contribution in [-0.4, -0.2) is 16.9 Å². The van der Waals surface area contributed by atoms with Gasteiger partial charge in [0.1, 0.15) is 5.75 Å². The minimum absolute atomic E-state index is 0.136. The molecule has 2 aromatic carbocycles. The van der Waals surface area contributed by atoms with Crippen LogP contribution in [0.5, 0.6) is 5.75 Å². The monoisotopic (exact) mass is 334 g/mol. The maximum Gasteiger partial charge on any atom is 0.259 e. The molecule has 0 aliphatic heterocycles. The van der Waals surface area contributed by atoms with Crippen molar-refractivity contribution in [1.82, 2.24) is 0 Å². The number of hydrogen-bond donors (Lipinski definition) is 3. The van der Waals surface area contributed by atoms with Crippen molar-refractivity contribution in [3.05, 3.63) is 58.1 Å². The van der Waals surface area contributed by atoms with Crippen LogP contribution in [-0.2, 0) is 0 Å². The maximum absolute atomic E-state index is 12.0. The Balaban J connectivity index is 2.23. The molecule has 0 spiro atoms. The highest BCUT2D eigenvalue weighted by Gasteiger charge is 2.12. The first-order valence-corrected chi connectivity index (χ1v) is 6.46. The lowest BCUT2D eigenvalue weighted by molar-refractivity contribution is 0.0995. The number of phenolic OH excluding ortho intramolecular Hbond substituents is 1. The summed E-state index contributed by atoms with van der Waals surface area (Å²) in [5, 5.41) is 12.3. The SMILES string of the molecule is NC(=O)c1cccc(NC(=O)c2ccc(Br)cc2O)c1. The molecule has 0 saturated carbocycles. The van der Waals surface area contributed by atoms with Gasteiger partial charge < -0.3 is 16.2 Å². The lowest BCUT2D eigenvalue weighted by Crippen LogP contribution is -2.14. The molecule has 4 N–H and O–H groups in total. The number of aromatic hydroxyl groups is 1. The standard InChI is InChI=1S/C14H11BrN2O3/c15-9-4-5-11(12(18)7-9)14(20)17-10-3-1-2-8(6-10)13(16)19/h1-7,18H,(H2,16,19)(H,17,20). The number of carbonyl (C=O) groups is 2. The van der Waals surface area contributed by atoms with Gasteiger partial charge in [-0.2, -0.15) is 0 Å². The molecule has 0 unspecified atom stereocenters. The van der Waals surface area contributed by atoms with E-state index in [0.29, 0.717) is 15.7 Å². The van der Waals surface area contributed by atoms with Crippen LogP contribution in [0.15, 0.2) is 46.9 Å². The summed E-state index contributed by atoms with van der Waals surface area (Å²) in [7, 11) is 0. The highest BCUT2D eigenvalue weighted by atomic mass is 79.9. The van der Waals surface area contributed by atoms with Crippen molar-refractivity contribution in [2.45, 2.75) is 0 Å². The molecule has 2 amide bonds. The lowest BCUT2D eigenvalue weighted by atomic mass is 10.1. The van der Waals surface area contributed by atoms with Crippen LogP contribution in [0, 0.1) is 0 Å². The van der Waals surface area contributed by atoms with E-state index in [1.54, 1.807) is 24.3 Å². The van der Waals surface area contributed by atoms with Gasteiger partial charge >= 0.3 is 0 Å². The maximum atomic E-state index is 12.0. The number of rotatable bonds is 3. The van der Waals surface area contributed by atoms with Crippen LogP contribution in [0.25, 0.3) is 0 Å². The molecule has 0 saturated heterocycles. The van der Waals surface area contributed by atoms with Crippen LogP contribution < -0.4 is 11.1 Å². The lowest BCUT2D eigenvalue weighted by Gasteiger charge is -2.08. The Bertz CT molecular complexity index is 686. The first kappa shape index (κ1) is 14.1. The number of nitrogens with two attached hydrogens (primary N) is 1. The van der Waals surface area contributed by atoms with Crippen LogP contribution >= 0.6 is 15.9 Å². The Morgan fingerprint density at radius 1 is 1.15 bits per heavy atom. The normalized spacial score (nSPS) is 10.1. The van der Waals surface area contributed by atoms with Gasteiger partial charge in [-0.25, -0.2) is 0 Å². The van der Waals surface area contributed by atoms with Crippen LogP contribution in [0.3, 0.4) is 0 Å². The van der Waals surface area contributed by atoms with Gasteiger partial charge in [0.15, 0.2) is 0 Å². The molecule has 102 valence electrons. The zero-order valence-corrected chi connectivity index (χ0v) is 11.8. The molecular formula is C14H11BrN2O3. The molecule has 2 rings (SSSR count). The fourth-order valence-electron chi connectivity index (χ4n) is 1.65. The first-order chi connectivity index (χ1) is 9.47.